The van der Waals surface area contributed by atoms with Crippen LogP contribution in [-0.4, -0.2) is 17.0 Å². The molecule has 2 aromatic rings. The fourth-order valence-corrected chi connectivity index (χ4v) is 2.93. The van der Waals surface area contributed by atoms with Gasteiger partial charge >= 0.3 is 0 Å². The van der Waals surface area contributed by atoms with Gasteiger partial charge in [-0.3, -0.25) is 0 Å². The van der Waals surface area contributed by atoms with Crippen LogP contribution in [0.1, 0.15) is 30.1 Å². The summed E-state index contributed by atoms with van der Waals surface area (Å²) in [4.78, 5) is 11.3. The summed E-state index contributed by atoms with van der Waals surface area (Å²) in [6.45, 7) is 0.886. The molecule has 1 aliphatic carbocycles. The van der Waals surface area contributed by atoms with Gasteiger partial charge in [-0.1, -0.05) is 0 Å². The third kappa shape index (κ3) is 2.72. The quantitative estimate of drug-likeness (QED) is 0.801. The number of nitrogens with zero attached hydrogens (tertiary/aromatic N) is 3. The van der Waals surface area contributed by atoms with E-state index < -0.39 is 0 Å². The van der Waals surface area contributed by atoms with Crippen molar-refractivity contribution < 1.29 is 0 Å². The summed E-state index contributed by atoms with van der Waals surface area (Å²) in [7, 11) is 2.07. The molecule has 2 heterocycles. The average molecular weight is 324 g/mol. The van der Waals surface area contributed by atoms with Gasteiger partial charge in [-0.05, 0) is 51.2 Å². The van der Waals surface area contributed by atoms with Crippen LogP contribution >= 0.6 is 27.3 Å². The zero-order chi connectivity index (χ0) is 12.5. The van der Waals surface area contributed by atoms with Crippen LogP contribution in [0.3, 0.4) is 0 Å². The van der Waals surface area contributed by atoms with Crippen molar-refractivity contribution in [3.05, 3.63) is 38.9 Å². The Morgan fingerprint density at radius 2 is 2.28 bits per heavy atom. The van der Waals surface area contributed by atoms with E-state index in [2.05, 4.69) is 54.7 Å². The lowest BCUT2D eigenvalue weighted by molar-refractivity contribution is 0.850. The van der Waals surface area contributed by atoms with Gasteiger partial charge in [-0.25, -0.2) is 9.97 Å². The molecule has 0 N–H and O–H groups in total. The van der Waals surface area contributed by atoms with Gasteiger partial charge in [0.15, 0.2) is 0 Å². The van der Waals surface area contributed by atoms with E-state index in [-0.39, 0.29) is 0 Å². The molecule has 2 aromatic heterocycles. The second kappa shape index (κ2) is 4.97. The Bertz CT molecular complexity index is 537. The van der Waals surface area contributed by atoms with E-state index in [1.165, 1.54) is 18.4 Å². The maximum atomic E-state index is 4.66. The third-order valence-corrected chi connectivity index (χ3v) is 4.17. The van der Waals surface area contributed by atoms with Crippen LogP contribution in [-0.2, 0) is 6.54 Å². The molecular weight excluding hydrogens is 310 g/mol. The van der Waals surface area contributed by atoms with Crippen LogP contribution in [0.4, 0.5) is 5.82 Å². The summed E-state index contributed by atoms with van der Waals surface area (Å²) >= 11 is 5.21. The smallest absolute Gasteiger partial charge is 0.135 e. The molecule has 18 heavy (non-hydrogen) atoms. The zero-order valence-corrected chi connectivity index (χ0v) is 12.5. The van der Waals surface area contributed by atoms with Crippen LogP contribution < -0.4 is 4.90 Å². The van der Waals surface area contributed by atoms with Gasteiger partial charge in [0, 0.05) is 25.6 Å². The number of hydrogen-bond donors (Lipinski definition) is 0. The molecule has 3 rings (SSSR count). The van der Waals surface area contributed by atoms with Gasteiger partial charge in [0.05, 0.1) is 0 Å². The fourth-order valence-electron chi connectivity index (χ4n) is 1.88. The minimum absolute atomic E-state index is 0.579. The van der Waals surface area contributed by atoms with Gasteiger partial charge < -0.3 is 4.90 Å². The number of halogens is 1. The van der Waals surface area contributed by atoms with E-state index in [0.29, 0.717) is 5.92 Å². The molecule has 0 saturated heterocycles. The molecule has 0 amide bonds. The molecular formula is C13H14BrN3S. The van der Waals surface area contributed by atoms with Gasteiger partial charge in [0.1, 0.15) is 16.2 Å². The lowest BCUT2D eigenvalue weighted by Crippen LogP contribution is -2.18. The Hall–Kier alpha value is -0.940. The van der Waals surface area contributed by atoms with Crippen LogP contribution in [0.15, 0.2) is 27.5 Å². The molecule has 0 bridgehead atoms. The number of aromatic nitrogens is 2. The van der Waals surface area contributed by atoms with Crippen LogP contribution in [0.5, 0.6) is 0 Å². The van der Waals surface area contributed by atoms with Crippen LogP contribution in [0.25, 0.3) is 0 Å². The van der Waals surface area contributed by atoms with E-state index >= 15 is 0 Å². The Labute approximate surface area is 119 Å². The lowest BCUT2D eigenvalue weighted by Gasteiger charge is -2.18. The normalized spacial score (nSPS) is 14.8. The first-order valence-corrected chi connectivity index (χ1v) is 7.72. The van der Waals surface area contributed by atoms with Crippen molar-refractivity contribution in [3.8, 4) is 0 Å². The Morgan fingerprint density at radius 1 is 1.44 bits per heavy atom. The second-order valence-electron chi connectivity index (χ2n) is 4.67. The molecule has 0 spiro atoms. The van der Waals surface area contributed by atoms with Crippen molar-refractivity contribution in [1.82, 2.24) is 9.97 Å². The summed E-state index contributed by atoms with van der Waals surface area (Å²) in [6, 6.07) is 4.14. The maximum absolute atomic E-state index is 4.66. The third-order valence-electron chi connectivity index (χ3n) is 3.03. The van der Waals surface area contributed by atoms with Gasteiger partial charge in [0.2, 0.25) is 0 Å². The second-order valence-corrected chi connectivity index (χ2v) is 6.26. The predicted molar refractivity (Wildman–Crippen MR) is 78.1 cm³/mol. The molecule has 1 aliphatic rings. The van der Waals surface area contributed by atoms with Crippen molar-refractivity contribution in [3.63, 3.8) is 0 Å². The number of hydrogen-bond acceptors (Lipinski definition) is 4. The molecule has 5 heteroatoms. The molecule has 3 nitrogen and oxygen atoms in total. The average Bonchev–Trinajstić information content (AvgIpc) is 3.08. The molecule has 1 fully saturated rings. The number of thiophene rings is 1. The highest BCUT2D eigenvalue weighted by molar-refractivity contribution is 9.10. The van der Waals surface area contributed by atoms with Crippen molar-refractivity contribution in [2.45, 2.75) is 25.3 Å². The van der Waals surface area contributed by atoms with Gasteiger partial charge in [-0.15, -0.1) is 0 Å². The minimum atomic E-state index is 0.579. The van der Waals surface area contributed by atoms with Gasteiger partial charge in [-0.2, -0.15) is 11.3 Å². The van der Waals surface area contributed by atoms with Crippen molar-refractivity contribution in [2.24, 2.45) is 0 Å². The summed E-state index contributed by atoms with van der Waals surface area (Å²) in [5.41, 5.74) is 1.32. The maximum Gasteiger partial charge on any atom is 0.135 e. The number of anilines is 1. The number of rotatable bonds is 4. The molecule has 0 unspecified atom stereocenters. The van der Waals surface area contributed by atoms with E-state index in [4.69, 9.17) is 0 Å². The Kier molecular flexibility index (Phi) is 3.35. The fraction of sp³-hybridized carbons (Fsp3) is 0.385. The van der Waals surface area contributed by atoms with E-state index in [9.17, 15) is 0 Å². The Balaban J connectivity index is 1.81. The Morgan fingerprint density at radius 3 is 2.94 bits per heavy atom. The largest absolute Gasteiger partial charge is 0.355 e. The van der Waals surface area contributed by atoms with Crippen LogP contribution in [0, 0.1) is 0 Å². The van der Waals surface area contributed by atoms with Crippen LogP contribution in [0.2, 0.25) is 0 Å². The summed E-state index contributed by atoms with van der Waals surface area (Å²) < 4.78 is 0.881. The summed E-state index contributed by atoms with van der Waals surface area (Å²) in [5, 5.41) is 4.28. The minimum Gasteiger partial charge on any atom is -0.355 e. The molecule has 0 aromatic carbocycles. The van der Waals surface area contributed by atoms with Crippen molar-refractivity contribution in [1.29, 1.82) is 0 Å². The topological polar surface area (TPSA) is 29.0 Å². The molecule has 94 valence electrons. The molecule has 0 aliphatic heterocycles. The van der Waals surface area contributed by atoms with E-state index in [1.807, 2.05) is 6.07 Å². The summed E-state index contributed by atoms with van der Waals surface area (Å²) in [5.74, 6) is 2.55. The molecule has 0 radical (unpaired) electrons. The molecule has 0 atom stereocenters. The summed E-state index contributed by atoms with van der Waals surface area (Å²) in [6.07, 6.45) is 2.45. The van der Waals surface area contributed by atoms with Crippen molar-refractivity contribution >= 4 is 33.1 Å². The molecule has 1 saturated carbocycles. The zero-order valence-electron chi connectivity index (χ0n) is 10.1. The highest BCUT2D eigenvalue weighted by Crippen LogP contribution is 2.39. The monoisotopic (exact) mass is 323 g/mol. The van der Waals surface area contributed by atoms with Crippen molar-refractivity contribution in [2.75, 3.05) is 11.9 Å². The lowest BCUT2D eigenvalue weighted by atomic mass is 10.3. The first kappa shape index (κ1) is 12.1. The SMILES string of the molecule is CN(Cc1ccsc1)c1cc(Br)nc(C2CC2)n1. The first-order chi connectivity index (χ1) is 8.72. The van der Waals surface area contributed by atoms with E-state index in [1.54, 1.807) is 11.3 Å². The standard InChI is InChI=1S/C13H14BrN3S/c1-17(7-9-4-5-18-8-9)12-6-11(14)15-13(16-12)10-2-3-10/h4-6,8,10H,2-3,7H2,1H3. The highest BCUT2D eigenvalue weighted by Gasteiger charge is 2.27. The first-order valence-electron chi connectivity index (χ1n) is 5.99. The van der Waals surface area contributed by atoms with E-state index in [0.717, 1.165) is 22.8 Å². The van der Waals surface area contributed by atoms with Gasteiger partial charge in [0.25, 0.3) is 0 Å². The predicted octanol–water partition coefficient (Wildman–Crippen LogP) is 3.81. The highest BCUT2D eigenvalue weighted by atomic mass is 79.9.